The van der Waals surface area contributed by atoms with Gasteiger partial charge in [-0.3, -0.25) is 0 Å². The fourth-order valence-corrected chi connectivity index (χ4v) is 0.433. The summed E-state index contributed by atoms with van der Waals surface area (Å²) in [7, 11) is 0. The van der Waals surface area contributed by atoms with Crippen molar-refractivity contribution in [3.05, 3.63) is 11.8 Å². The molecule has 0 radical (unpaired) electrons. The van der Waals surface area contributed by atoms with Gasteiger partial charge in [0.25, 0.3) is 0 Å². The molecular formula is C7H13O-. The molecule has 0 aliphatic rings. The maximum absolute atomic E-state index is 10.8. The summed E-state index contributed by atoms with van der Waals surface area (Å²) in [4.78, 5) is 0. The van der Waals surface area contributed by atoms with Gasteiger partial charge in [0.15, 0.2) is 0 Å². The minimum atomic E-state index is -0.186. The van der Waals surface area contributed by atoms with E-state index in [9.17, 15) is 5.11 Å². The number of hydrogen-bond donors (Lipinski definition) is 0. The van der Waals surface area contributed by atoms with Crippen LogP contribution in [0.2, 0.25) is 0 Å². The second-order valence-electron chi connectivity index (χ2n) is 2.90. The van der Waals surface area contributed by atoms with Crippen LogP contribution in [0.1, 0.15) is 27.7 Å². The van der Waals surface area contributed by atoms with E-state index in [2.05, 4.69) is 0 Å². The fraction of sp³-hybridized carbons (Fsp3) is 0.714. The highest BCUT2D eigenvalue weighted by Crippen LogP contribution is 2.19. The van der Waals surface area contributed by atoms with Crippen LogP contribution in [0.3, 0.4) is 0 Å². The second kappa shape index (κ2) is 2.21. The van der Waals surface area contributed by atoms with Crippen LogP contribution in [0.15, 0.2) is 11.8 Å². The molecule has 0 amide bonds. The Morgan fingerprint density at radius 1 is 1.38 bits per heavy atom. The smallest absolute Gasteiger partial charge is 0.0278 e. The minimum absolute atomic E-state index is 0.186. The normalized spacial score (nSPS) is 14.2. The van der Waals surface area contributed by atoms with Crippen molar-refractivity contribution in [2.75, 3.05) is 0 Å². The van der Waals surface area contributed by atoms with Gasteiger partial charge in [-0.2, -0.15) is 0 Å². The fourth-order valence-electron chi connectivity index (χ4n) is 0.433. The zero-order chi connectivity index (χ0) is 6.78. The van der Waals surface area contributed by atoms with Crippen LogP contribution in [0.5, 0.6) is 0 Å². The Labute approximate surface area is 51.0 Å². The number of allylic oxidation sites excluding steroid dienone is 2. The lowest BCUT2D eigenvalue weighted by Crippen LogP contribution is -2.19. The third-order valence-corrected chi connectivity index (χ3v) is 1.00. The van der Waals surface area contributed by atoms with Crippen LogP contribution in [0.4, 0.5) is 0 Å². The lowest BCUT2D eigenvalue weighted by Gasteiger charge is -2.27. The van der Waals surface area contributed by atoms with Gasteiger partial charge in [-0.05, 0) is 12.3 Å². The van der Waals surface area contributed by atoms with E-state index in [1.165, 1.54) is 0 Å². The largest absolute Gasteiger partial charge is 0.875 e. The topological polar surface area (TPSA) is 23.1 Å². The first-order valence-electron chi connectivity index (χ1n) is 2.82. The summed E-state index contributed by atoms with van der Waals surface area (Å²) in [5.41, 5.74) is -0.186. The predicted octanol–water partition coefficient (Wildman–Crippen LogP) is 1.30. The summed E-state index contributed by atoms with van der Waals surface area (Å²) in [5.74, 6) is 0.206. The predicted molar refractivity (Wildman–Crippen MR) is 33.2 cm³/mol. The first-order chi connectivity index (χ1) is 3.48. The Bertz CT molecular complexity index is 95.4. The van der Waals surface area contributed by atoms with Gasteiger partial charge in [-0.25, -0.2) is 0 Å². The summed E-state index contributed by atoms with van der Waals surface area (Å²) in [6, 6.07) is 0. The molecule has 0 saturated carbocycles. The molecule has 0 aliphatic heterocycles. The molecule has 0 fully saturated rings. The van der Waals surface area contributed by atoms with Crippen LogP contribution < -0.4 is 5.11 Å². The van der Waals surface area contributed by atoms with E-state index in [1.807, 2.05) is 20.8 Å². The third-order valence-electron chi connectivity index (χ3n) is 1.00. The van der Waals surface area contributed by atoms with Gasteiger partial charge in [0, 0.05) is 0 Å². The molecule has 0 saturated heterocycles. The van der Waals surface area contributed by atoms with Gasteiger partial charge in [0.2, 0.25) is 0 Å². The molecule has 0 atom stereocenters. The highest BCUT2D eigenvalue weighted by molar-refractivity contribution is 4.96. The molecule has 1 heteroatoms. The van der Waals surface area contributed by atoms with Crippen LogP contribution in [0.25, 0.3) is 0 Å². The number of rotatable bonds is 0. The maximum Gasteiger partial charge on any atom is -0.0278 e. The first-order valence-corrected chi connectivity index (χ1v) is 2.82. The Morgan fingerprint density at radius 3 is 1.75 bits per heavy atom. The van der Waals surface area contributed by atoms with Crippen molar-refractivity contribution in [3.8, 4) is 0 Å². The molecule has 0 aromatic rings. The quantitative estimate of drug-likeness (QED) is 0.434. The van der Waals surface area contributed by atoms with E-state index in [0.29, 0.717) is 0 Å². The van der Waals surface area contributed by atoms with Crippen LogP contribution in [-0.4, -0.2) is 0 Å². The number of hydrogen-bond acceptors (Lipinski definition) is 1. The zero-order valence-corrected chi connectivity index (χ0v) is 5.99. The van der Waals surface area contributed by atoms with Crippen molar-refractivity contribution in [3.63, 3.8) is 0 Å². The Hall–Kier alpha value is -0.460. The van der Waals surface area contributed by atoms with Crippen molar-refractivity contribution in [1.29, 1.82) is 0 Å². The van der Waals surface area contributed by atoms with Crippen molar-refractivity contribution in [2.24, 2.45) is 5.41 Å². The van der Waals surface area contributed by atoms with E-state index in [-0.39, 0.29) is 11.2 Å². The first kappa shape index (κ1) is 7.54. The van der Waals surface area contributed by atoms with Crippen molar-refractivity contribution in [2.45, 2.75) is 27.7 Å². The Kier molecular flexibility index (Phi) is 2.08. The molecule has 0 aromatic carbocycles. The van der Waals surface area contributed by atoms with E-state index in [0.717, 1.165) is 0 Å². The average Bonchev–Trinajstić information content (AvgIpc) is 1.62. The summed E-state index contributed by atoms with van der Waals surface area (Å²) in [6.45, 7) is 7.51. The SMILES string of the molecule is C/C=C(/[O-])C(C)(C)C. The van der Waals surface area contributed by atoms with Gasteiger partial charge in [0.1, 0.15) is 0 Å². The minimum Gasteiger partial charge on any atom is -0.875 e. The second-order valence-corrected chi connectivity index (χ2v) is 2.90. The molecule has 1 nitrogen and oxygen atoms in total. The van der Waals surface area contributed by atoms with Crippen LogP contribution >= 0.6 is 0 Å². The van der Waals surface area contributed by atoms with Gasteiger partial charge >= 0.3 is 0 Å². The monoisotopic (exact) mass is 113 g/mol. The summed E-state index contributed by atoms with van der Waals surface area (Å²) >= 11 is 0. The van der Waals surface area contributed by atoms with E-state index < -0.39 is 0 Å². The average molecular weight is 113 g/mol. The highest BCUT2D eigenvalue weighted by atomic mass is 16.3. The van der Waals surface area contributed by atoms with Gasteiger partial charge < -0.3 is 5.11 Å². The highest BCUT2D eigenvalue weighted by Gasteiger charge is 2.05. The van der Waals surface area contributed by atoms with E-state index >= 15 is 0 Å². The molecule has 0 rings (SSSR count). The van der Waals surface area contributed by atoms with Crippen LogP contribution in [-0.2, 0) is 0 Å². The standard InChI is InChI=1S/C7H14O/c1-5-6(8)7(2,3)4/h5,8H,1-4H3/p-1/b6-5+. The van der Waals surface area contributed by atoms with Crippen molar-refractivity contribution in [1.82, 2.24) is 0 Å². The molecule has 8 heavy (non-hydrogen) atoms. The van der Waals surface area contributed by atoms with Gasteiger partial charge in [-0.15, -0.1) is 5.76 Å². The molecule has 0 N–H and O–H groups in total. The van der Waals surface area contributed by atoms with Crippen molar-refractivity contribution < 1.29 is 5.11 Å². The summed E-state index contributed by atoms with van der Waals surface area (Å²) < 4.78 is 0. The molecule has 0 aromatic heterocycles. The lowest BCUT2D eigenvalue weighted by molar-refractivity contribution is -0.322. The van der Waals surface area contributed by atoms with Gasteiger partial charge in [-0.1, -0.05) is 26.8 Å². The maximum atomic E-state index is 10.8. The molecular weight excluding hydrogens is 100 g/mol. The van der Waals surface area contributed by atoms with E-state index in [1.54, 1.807) is 13.0 Å². The molecule has 0 unspecified atom stereocenters. The summed E-state index contributed by atoms with van der Waals surface area (Å²) in [6.07, 6.45) is 1.61. The van der Waals surface area contributed by atoms with Gasteiger partial charge in [0.05, 0.1) is 0 Å². The molecule has 48 valence electrons. The van der Waals surface area contributed by atoms with Crippen LogP contribution in [0, 0.1) is 5.41 Å². The molecule has 0 bridgehead atoms. The van der Waals surface area contributed by atoms with Crippen molar-refractivity contribution >= 4 is 0 Å². The molecule has 0 heterocycles. The molecule has 0 spiro atoms. The Balaban J connectivity index is 4.03. The van der Waals surface area contributed by atoms with E-state index in [4.69, 9.17) is 0 Å². The summed E-state index contributed by atoms with van der Waals surface area (Å²) in [5, 5.41) is 10.8. The molecule has 0 aliphatic carbocycles. The lowest BCUT2D eigenvalue weighted by atomic mass is 9.94. The Morgan fingerprint density at radius 2 is 1.75 bits per heavy atom. The zero-order valence-electron chi connectivity index (χ0n) is 5.99. The third kappa shape index (κ3) is 2.01.